The van der Waals surface area contributed by atoms with Gasteiger partial charge in [0.1, 0.15) is 36.3 Å². The molecule has 6 rings (SSSR count). The number of aliphatic imine (C=N–C) groups is 1. The molecule has 6 amide bonds. The quantitative estimate of drug-likeness (QED) is 0.0282. The van der Waals surface area contributed by atoms with Gasteiger partial charge < -0.3 is 63.5 Å². The maximum absolute atomic E-state index is 14.7. The van der Waals surface area contributed by atoms with Crippen molar-refractivity contribution in [2.24, 2.45) is 22.2 Å². The number of hydrogen-bond acceptors (Lipinski definition) is 10. The highest BCUT2D eigenvalue weighted by Gasteiger charge is 2.42. The van der Waals surface area contributed by atoms with Crippen LogP contribution in [0, 0.1) is 0 Å². The van der Waals surface area contributed by atoms with Gasteiger partial charge in [-0.05, 0) is 74.6 Å². The molecule has 2 fully saturated rings. The van der Waals surface area contributed by atoms with Gasteiger partial charge in [-0.15, -0.1) is 0 Å². The zero-order valence-corrected chi connectivity index (χ0v) is 38.6. The number of carboxylic acids is 1. The molecule has 0 aliphatic carbocycles. The van der Waals surface area contributed by atoms with Crippen molar-refractivity contribution in [3.63, 3.8) is 0 Å². The van der Waals surface area contributed by atoms with E-state index in [1.165, 1.54) is 16.7 Å². The zero-order chi connectivity index (χ0) is 49.6. The van der Waals surface area contributed by atoms with Gasteiger partial charge in [-0.25, -0.2) is 4.79 Å². The van der Waals surface area contributed by atoms with Crippen LogP contribution in [0.4, 0.5) is 0 Å². The number of H-pyrrole nitrogens is 1. The monoisotopic (exact) mass is 949 g/mol. The highest BCUT2D eigenvalue weighted by atomic mass is 16.4. The Morgan fingerprint density at radius 3 is 1.84 bits per heavy atom. The summed E-state index contributed by atoms with van der Waals surface area (Å²) in [6.07, 6.45) is 2.29. The van der Waals surface area contributed by atoms with E-state index in [0.29, 0.717) is 31.4 Å². The van der Waals surface area contributed by atoms with Crippen LogP contribution in [0.2, 0.25) is 0 Å². The molecule has 13 N–H and O–H groups in total. The summed E-state index contributed by atoms with van der Waals surface area (Å²) < 4.78 is 0. The predicted octanol–water partition coefficient (Wildman–Crippen LogP) is -0.0367. The van der Waals surface area contributed by atoms with Crippen LogP contribution in [0.5, 0.6) is 0 Å². The molecule has 0 spiro atoms. The van der Waals surface area contributed by atoms with E-state index in [1.807, 2.05) is 48.7 Å². The number of rotatable bonds is 22. The Balaban J connectivity index is 1.15. The van der Waals surface area contributed by atoms with Gasteiger partial charge in [0.2, 0.25) is 35.4 Å². The maximum Gasteiger partial charge on any atom is 0.326 e. The first-order valence-electron chi connectivity index (χ1n) is 23.3. The van der Waals surface area contributed by atoms with Crippen molar-refractivity contribution in [2.75, 3.05) is 19.6 Å². The average molecular weight is 950 g/mol. The number of likely N-dealkylation sites (tertiary alicyclic amines) is 2. The van der Waals surface area contributed by atoms with Crippen LogP contribution in [-0.2, 0) is 52.8 Å². The molecule has 20 heteroatoms. The third-order valence-electron chi connectivity index (χ3n) is 12.5. The molecule has 20 nitrogen and oxygen atoms in total. The molecule has 3 aromatic carbocycles. The molecular weight excluding hydrogens is 887 g/mol. The third kappa shape index (κ3) is 13.7. The largest absolute Gasteiger partial charge is 0.480 e. The number of nitrogens with one attached hydrogen (secondary N) is 5. The molecule has 0 radical (unpaired) electrons. The van der Waals surface area contributed by atoms with E-state index in [1.54, 1.807) is 42.5 Å². The summed E-state index contributed by atoms with van der Waals surface area (Å²) in [5, 5.41) is 32.0. The second kappa shape index (κ2) is 24.1. The number of amides is 6. The van der Waals surface area contributed by atoms with Gasteiger partial charge in [0.25, 0.3) is 0 Å². The van der Waals surface area contributed by atoms with Crippen molar-refractivity contribution < 1.29 is 43.8 Å². The lowest BCUT2D eigenvalue weighted by atomic mass is 10.0. The summed E-state index contributed by atoms with van der Waals surface area (Å²) in [6, 6.07) is 17.0. The number of aliphatic carboxylic acids is 1. The number of carboxylic acid groups (broad SMARTS) is 1. The fraction of sp³-hybridized carbons (Fsp3) is 0.429. The average Bonchev–Trinajstić information content (AvgIpc) is 4.12. The van der Waals surface area contributed by atoms with E-state index in [4.69, 9.17) is 17.2 Å². The predicted molar refractivity (Wildman–Crippen MR) is 257 cm³/mol. The number of para-hydroxylation sites is 1. The van der Waals surface area contributed by atoms with Crippen molar-refractivity contribution >= 4 is 58.3 Å². The number of aliphatic hydroxyl groups excluding tert-OH is 1. The summed E-state index contributed by atoms with van der Waals surface area (Å²) in [5.74, 6) is -5.50. The number of aromatic amines is 1. The molecule has 4 aromatic rings. The Hall–Kier alpha value is -7.32. The van der Waals surface area contributed by atoms with E-state index in [9.17, 15) is 43.8 Å². The van der Waals surface area contributed by atoms with Crippen LogP contribution in [-0.4, -0.2) is 140 Å². The van der Waals surface area contributed by atoms with Crippen LogP contribution in [0.25, 0.3) is 10.9 Å². The van der Waals surface area contributed by atoms with E-state index in [2.05, 4.69) is 31.2 Å². The number of benzene rings is 3. The fourth-order valence-corrected chi connectivity index (χ4v) is 8.97. The summed E-state index contributed by atoms with van der Waals surface area (Å²) in [7, 11) is 0. The molecular formula is C49H63N11O9. The molecule has 0 saturated carbocycles. The van der Waals surface area contributed by atoms with Gasteiger partial charge in [0, 0.05) is 49.6 Å². The minimum atomic E-state index is -1.62. The highest BCUT2D eigenvalue weighted by molar-refractivity contribution is 5.98. The number of aromatic nitrogens is 1. The van der Waals surface area contributed by atoms with Gasteiger partial charge >= 0.3 is 5.97 Å². The number of nitrogens with two attached hydrogens (primary N) is 3. The van der Waals surface area contributed by atoms with Gasteiger partial charge in [-0.3, -0.25) is 33.8 Å². The fourth-order valence-electron chi connectivity index (χ4n) is 8.97. The number of carbonyl (C=O) groups excluding carboxylic acids is 6. The van der Waals surface area contributed by atoms with E-state index < -0.39 is 83.9 Å². The lowest BCUT2D eigenvalue weighted by Gasteiger charge is -2.32. The number of nitrogens with zero attached hydrogens (tertiary/aromatic N) is 3. The zero-order valence-electron chi connectivity index (χ0n) is 38.6. The number of carbonyl (C=O) groups is 7. The SMILES string of the molecule is C[C@@H](O)[C@H](NC(=O)[C@H](CCCN=C(N)N)NC(=O)[C@@H]1CCCN1C(=O)[C@H](Cc1ccccc1)NC(=O)[C@@H]1CCCN1C(=O)[C@@H](N)Cc1c[nH]c2ccccc12)C(=O)N[C@@H](Cc1ccccc1)C(=O)O. The topological polar surface area (TPSA) is 321 Å². The van der Waals surface area contributed by atoms with Crippen molar-refractivity contribution in [1.82, 2.24) is 36.1 Å². The lowest BCUT2D eigenvalue weighted by Crippen LogP contribution is -2.61. The number of guanidine groups is 1. The summed E-state index contributed by atoms with van der Waals surface area (Å²) in [5.41, 5.74) is 20.7. The first-order chi connectivity index (χ1) is 33.1. The minimum Gasteiger partial charge on any atom is -0.480 e. The molecule has 0 unspecified atom stereocenters. The Kier molecular flexibility index (Phi) is 17.8. The highest BCUT2D eigenvalue weighted by Crippen LogP contribution is 2.24. The summed E-state index contributed by atoms with van der Waals surface area (Å²) in [6.45, 7) is 1.80. The standard InChI is InChI=1S/C49H63N11O9/c1-29(61)41(45(65)57-38(48(68)69)26-31-15-6-3-7-16-31)58-42(62)36(19-10-22-53-49(51)52)55-43(63)40-21-12-24-60(40)47(67)37(25-30-13-4-2-5-14-30)56-44(64)39-20-11-23-59(39)46(66)34(50)27-32-28-54-35-18-9-8-17-33(32)35/h2-9,13-18,28-29,34,36-41,54,61H,10-12,19-27,50H2,1H3,(H,55,63)(H,56,64)(H,57,65)(H,58,62)(H,68,69)(H4,51,52,53)/t29-,34+,36+,37+,38+,39+,40+,41+/m1/s1. The molecule has 0 bridgehead atoms. The van der Waals surface area contributed by atoms with Gasteiger partial charge in [0.15, 0.2) is 5.96 Å². The Morgan fingerprint density at radius 2 is 1.26 bits per heavy atom. The van der Waals surface area contributed by atoms with Crippen LogP contribution in [0.15, 0.2) is 96.1 Å². The normalized spacial score (nSPS) is 18.2. The lowest BCUT2D eigenvalue weighted by molar-refractivity contribution is -0.144. The van der Waals surface area contributed by atoms with Gasteiger partial charge in [-0.2, -0.15) is 0 Å². The molecule has 2 saturated heterocycles. The van der Waals surface area contributed by atoms with Crippen LogP contribution >= 0.6 is 0 Å². The Labute approximate surface area is 399 Å². The molecule has 69 heavy (non-hydrogen) atoms. The van der Waals surface area contributed by atoms with E-state index in [-0.39, 0.29) is 63.5 Å². The molecule has 3 heterocycles. The minimum absolute atomic E-state index is 0.0380. The number of fused-ring (bicyclic) bond motifs is 1. The Morgan fingerprint density at radius 1 is 0.710 bits per heavy atom. The molecule has 368 valence electrons. The van der Waals surface area contributed by atoms with Crippen molar-refractivity contribution in [2.45, 2.75) is 113 Å². The van der Waals surface area contributed by atoms with Crippen molar-refractivity contribution in [3.8, 4) is 0 Å². The smallest absolute Gasteiger partial charge is 0.326 e. The van der Waals surface area contributed by atoms with Crippen LogP contribution in [0.1, 0.15) is 62.1 Å². The van der Waals surface area contributed by atoms with Crippen LogP contribution < -0.4 is 38.5 Å². The van der Waals surface area contributed by atoms with Gasteiger partial charge in [0.05, 0.1) is 12.1 Å². The first-order valence-corrected chi connectivity index (χ1v) is 23.3. The number of aliphatic hydroxyl groups is 1. The maximum atomic E-state index is 14.7. The summed E-state index contributed by atoms with van der Waals surface area (Å²) >= 11 is 0. The van der Waals surface area contributed by atoms with E-state index >= 15 is 0 Å². The van der Waals surface area contributed by atoms with E-state index in [0.717, 1.165) is 22.0 Å². The third-order valence-corrected chi connectivity index (χ3v) is 12.5. The Bertz CT molecular complexity index is 2460. The molecule has 2 aliphatic rings. The van der Waals surface area contributed by atoms with Gasteiger partial charge in [-0.1, -0.05) is 78.9 Å². The van der Waals surface area contributed by atoms with Crippen LogP contribution in [0.3, 0.4) is 0 Å². The molecule has 1 aromatic heterocycles. The summed E-state index contributed by atoms with van der Waals surface area (Å²) in [4.78, 5) is 107. The second-order valence-electron chi connectivity index (χ2n) is 17.6. The van der Waals surface area contributed by atoms with Crippen molar-refractivity contribution in [3.05, 3.63) is 108 Å². The second-order valence-corrected chi connectivity index (χ2v) is 17.6. The van der Waals surface area contributed by atoms with Crippen molar-refractivity contribution in [1.29, 1.82) is 0 Å². The number of hydrogen-bond donors (Lipinski definition) is 10. The molecule has 2 aliphatic heterocycles. The molecule has 8 atom stereocenters. The first kappa shape index (κ1) is 51.1.